The molecule has 3 aromatic rings. The maximum atomic E-state index is 13.1. The van der Waals surface area contributed by atoms with Crippen molar-refractivity contribution in [1.82, 2.24) is 14.9 Å². The molecule has 2 aromatic carbocycles. The molecular formula is C24H26ClN3O5. The number of fused-ring (bicyclic) bond motifs is 6. The van der Waals surface area contributed by atoms with Gasteiger partial charge < -0.3 is 24.5 Å². The summed E-state index contributed by atoms with van der Waals surface area (Å²) in [6.07, 6.45) is 2.83. The first kappa shape index (κ1) is 21.9. The first-order chi connectivity index (χ1) is 15.7. The van der Waals surface area contributed by atoms with Gasteiger partial charge in [-0.15, -0.1) is 12.4 Å². The molecule has 0 saturated carbocycles. The number of aromatic nitrogens is 2. The minimum Gasteiger partial charge on any atom is -0.496 e. The molecule has 1 aromatic heterocycles. The smallest absolute Gasteiger partial charge is 0.328 e. The van der Waals surface area contributed by atoms with Crippen molar-refractivity contribution < 1.29 is 14.2 Å². The highest BCUT2D eigenvalue weighted by Gasteiger charge is 2.40. The maximum absolute atomic E-state index is 13.1. The van der Waals surface area contributed by atoms with E-state index in [2.05, 4.69) is 22.4 Å². The van der Waals surface area contributed by atoms with Crippen LogP contribution < -0.4 is 30.8 Å². The minimum atomic E-state index is -0.424. The van der Waals surface area contributed by atoms with Gasteiger partial charge in [-0.3, -0.25) is 9.36 Å². The monoisotopic (exact) mass is 471 g/mol. The first-order valence-corrected chi connectivity index (χ1v) is 11.1. The molecule has 9 heteroatoms. The molecule has 33 heavy (non-hydrogen) atoms. The van der Waals surface area contributed by atoms with Gasteiger partial charge in [-0.25, -0.2) is 4.79 Å². The van der Waals surface area contributed by atoms with Gasteiger partial charge >= 0.3 is 5.69 Å². The van der Waals surface area contributed by atoms with Crippen LogP contribution in [0.25, 0.3) is 10.9 Å². The number of halogens is 1. The molecule has 2 aliphatic heterocycles. The van der Waals surface area contributed by atoms with Gasteiger partial charge in [0.05, 0.1) is 12.5 Å². The molecule has 2 N–H and O–H groups in total. The molecule has 1 fully saturated rings. The Balaban J connectivity index is 0.00000228. The zero-order valence-electron chi connectivity index (χ0n) is 18.3. The number of methoxy groups -OCH3 is 1. The van der Waals surface area contributed by atoms with Crippen molar-refractivity contribution in [2.75, 3.05) is 20.4 Å². The predicted molar refractivity (Wildman–Crippen MR) is 126 cm³/mol. The van der Waals surface area contributed by atoms with Crippen LogP contribution in [-0.2, 0) is 13.0 Å². The lowest BCUT2D eigenvalue weighted by Crippen LogP contribution is -2.38. The van der Waals surface area contributed by atoms with E-state index in [4.69, 9.17) is 14.2 Å². The highest BCUT2D eigenvalue weighted by Crippen LogP contribution is 2.45. The molecule has 3 aliphatic rings. The molecule has 174 valence electrons. The molecule has 0 amide bonds. The zero-order chi connectivity index (χ0) is 21.8. The summed E-state index contributed by atoms with van der Waals surface area (Å²) >= 11 is 0. The average Bonchev–Trinajstić information content (AvgIpc) is 3.45. The van der Waals surface area contributed by atoms with Gasteiger partial charge in [0.1, 0.15) is 11.3 Å². The third-order valence-electron chi connectivity index (χ3n) is 7.25. The first-order valence-electron chi connectivity index (χ1n) is 11.1. The number of rotatable bonds is 4. The van der Waals surface area contributed by atoms with Crippen LogP contribution in [0, 0.1) is 5.92 Å². The summed E-state index contributed by atoms with van der Waals surface area (Å²) in [5, 5.41) is 4.08. The number of nitrogens with one attached hydrogen (secondary N) is 2. The fourth-order valence-electron chi connectivity index (χ4n) is 5.76. The van der Waals surface area contributed by atoms with Crippen LogP contribution in [-0.4, -0.2) is 36.0 Å². The Kier molecular flexibility index (Phi) is 5.58. The highest BCUT2D eigenvalue weighted by atomic mass is 35.5. The third kappa shape index (κ3) is 3.40. The van der Waals surface area contributed by atoms with Gasteiger partial charge in [0.25, 0.3) is 5.56 Å². The number of hydrogen-bond donors (Lipinski definition) is 2. The average molecular weight is 472 g/mol. The van der Waals surface area contributed by atoms with E-state index in [0.717, 1.165) is 25.1 Å². The van der Waals surface area contributed by atoms with Crippen LogP contribution in [0.15, 0.2) is 39.9 Å². The van der Waals surface area contributed by atoms with Crippen LogP contribution in [0.3, 0.4) is 0 Å². The number of nitrogens with zero attached hydrogens (tertiary/aromatic N) is 1. The Morgan fingerprint density at radius 3 is 2.91 bits per heavy atom. The van der Waals surface area contributed by atoms with Gasteiger partial charge in [-0.05, 0) is 61.1 Å². The van der Waals surface area contributed by atoms with Gasteiger partial charge in [0.2, 0.25) is 6.79 Å². The summed E-state index contributed by atoms with van der Waals surface area (Å²) in [7, 11) is 1.72. The Labute approximate surface area is 196 Å². The SMILES string of the molecule is COc1cccc2c1CC[C@H]1CNC(CCn3c(=O)[nH]c4c5c(ccc4c3=O)OCO5)[C@@H]21.Cl. The van der Waals surface area contributed by atoms with E-state index in [1.807, 2.05) is 6.07 Å². The number of ether oxygens (including phenoxy) is 3. The molecule has 0 bridgehead atoms. The Morgan fingerprint density at radius 2 is 2.06 bits per heavy atom. The minimum absolute atomic E-state index is 0. The van der Waals surface area contributed by atoms with Crippen molar-refractivity contribution in [2.24, 2.45) is 5.92 Å². The van der Waals surface area contributed by atoms with Crippen molar-refractivity contribution in [3.63, 3.8) is 0 Å². The van der Waals surface area contributed by atoms with Gasteiger partial charge in [-0.2, -0.15) is 0 Å². The second-order valence-electron chi connectivity index (χ2n) is 8.76. The van der Waals surface area contributed by atoms with Crippen LogP contribution >= 0.6 is 12.4 Å². The highest BCUT2D eigenvalue weighted by molar-refractivity contribution is 5.86. The van der Waals surface area contributed by atoms with Gasteiger partial charge in [0, 0.05) is 18.5 Å². The molecular weight excluding hydrogens is 446 g/mol. The third-order valence-corrected chi connectivity index (χ3v) is 7.25. The summed E-state index contributed by atoms with van der Waals surface area (Å²) in [6, 6.07) is 9.88. The van der Waals surface area contributed by atoms with Crippen LogP contribution in [0.5, 0.6) is 17.2 Å². The number of aromatic amines is 1. The van der Waals surface area contributed by atoms with Crippen LogP contribution in [0.2, 0.25) is 0 Å². The molecule has 3 atom stereocenters. The molecule has 3 heterocycles. The molecule has 1 aliphatic carbocycles. The largest absolute Gasteiger partial charge is 0.496 e. The molecule has 6 rings (SSSR count). The molecule has 8 nitrogen and oxygen atoms in total. The number of hydrogen-bond acceptors (Lipinski definition) is 6. The van der Waals surface area contributed by atoms with Crippen LogP contribution in [0.1, 0.15) is 29.9 Å². The standard InChI is InChI=1S/C24H25N3O5.ClH/c1-30-18-4-2-3-15-14(18)6-5-13-11-25-17(20(13)15)9-10-27-23(28)16-7-8-19-22(32-12-31-19)21(16)26-24(27)29;/h2-4,7-8,13,17,20,25H,5-6,9-12H2,1H3,(H,26,29);1H/t13-,17?,20+;/m0./s1. The molecule has 0 radical (unpaired) electrons. The Morgan fingerprint density at radius 1 is 1.18 bits per heavy atom. The maximum Gasteiger partial charge on any atom is 0.328 e. The molecule has 1 unspecified atom stereocenters. The van der Waals surface area contributed by atoms with E-state index in [1.165, 1.54) is 15.7 Å². The lowest BCUT2D eigenvalue weighted by atomic mass is 9.73. The van der Waals surface area contributed by atoms with E-state index >= 15 is 0 Å². The summed E-state index contributed by atoms with van der Waals surface area (Å²) in [4.78, 5) is 28.8. The summed E-state index contributed by atoms with van der Waals surface area (Å²) in [6.45, 7) is 1.39. The Bertz CT molecular complexity index is 1330. The van der Waals surface area contributed by atoms with Crippen LogP contribution in [0.4, 0.5) is 0 Å². The zero-order valence-corrected chi connectivity index (χ0v) is 19.1. The quantitative estimate of drug-likeness (QED) is 0.607. The van der Waals surface area contributed by atoms with E-state index in [9.17, 15) is 9.59 Å². The van der Waals surface area contributed by atoms with Crippen molar-refractivity contribution in [3.8, 4) is 17.2 Å². The van der Waals surface area contributed by atoms with Crippen molar-refractivity contribution >= 4 is 23.3 Å². The number of benzene rings is 2. The summed E-state index contributed by atoms with van der Waals surface area (Å²) < 4.78 is 17.7. The summed E-state index contributed by atoms with van der Waals surface area (Å²) in [5.74, 6) is 2.84. The topological polar surface area (TPSA) is 94.6 Å². The van der Waals surface area contributed by atoms with Crippen molar-refractivity contribution in [1.29, 1.82) is 0 Å². The molecule has 1 saturated heterocycles. The summed E-state index contributed by atoms with van der Waals surface area (Å²) in [5.41, 5.74) is 2.30. The van der Waals surface area contributed by atoms with Gasteiger partial charge in [0.15, 0.2) is 11.5 Å². The fraction of sp³-hybridized carbons (Fsp3) is 0.417. The normalized spacial score (nSPS) is 22.5. The lowest BCUT2D eigenvalue weighted by molar-refractivity contribution is 0.174. The predicted octanol–water partition coefficient (Wildman–Crippen LogP) is 2.56. The fourth-order valence-corrected chi connectivity index (χ4v) is 5.76. The number of H-pyrrole nitrogens is 1. The van der Waals surface area contributed by atoms with E-state index in [0.29, 0.717) is 47.2 Å². The van der Waals surface area contributed by atoms with Gasteiger partial charge in [-0.1, -0.05) is 12.1 Å². The second kappa shape index (κ2) is 8.43. The Hall–Kier alpha value is -2.97. The van der Waals surface area contributed by atoms with E-state index in [-0.39, 0.29) is 30.8 Å². The van der Waals surface area contributed by atoms with E-state index < -0.39 is 5.69 Å². The molecule has 0 spiro atoms. The second-order valence-corrected chi connectivity index (χ2v) is 8.76. The van der Waals surface area contributed by atoms with Crippen molar-refractivity contribution in [2.45, 2.75) is 37.8 Å². The van der Waals surface area contributed by atoms with E-state index in [1.54, 1.807) is 19.2 Å². The van der Waals surface area contributed by atoms with Crippen molar-refractivity contribution in [3.05, 3.63) is 62.3 Å². The lowest BCUT2D eigenvalue weighted by Gasteiger charge is -2.32.